The molecule has 0 aliphatic heterocycles. The second-order valence-corrected chi connectivity index (χ2v) is 6.94. The topological polar surface area (TPSA) is 93.7 Å². The molecule has 2 unspecified atom stereocenters. The summed E-state index contributed by atoms with van der Waals surface area (Å²) in [6, 6.07) is 9.74. The predicted molar refractivity (Wildman–Crippen MR) is 115 cm³/mol. The van der Waals surface area contributed by atoms with E-state index in [1.165, 1.54) is 32.1 Å². The Labute approximate surface area is 184 Å². The fourth-order valence-electron chi connectivity index (χ4n) is 2.35. The van der Waals surface area contributed by atoms with Crippen LogP contribution in [0, 0.1) is 5.82 Å². The van der Waals surface area contributed by atoms with Crippen LogP contribution < -0.4 is 15.4 Å². The van der Waals surface area contributed by atoms with E-state index in [1.54, 1.807) is 37.5 Å². The summed E-state index contributed by atoms with van der Waals surface area (Å²) in [6.07, 6.45) is 1.71. The van der Waals surface area contributed by atoms with E-state index in [4.69, 9.17) is 21.1 Å². The number of nitrogens with one attached hydrogen (secondary N) is 2. The van der Waals surface area contributed by atoms with Gasteiger partial charge in [0.25, 0.3) is 5.91 Å². The molecule has 0 heterocycles. The SMILES string of the molecule is COc1ccc(/C=C/C(=O)NC(C)C(=O)OC(C)C(=O)Nc2ccc(F)c(Cl)c2)cc1. The highest BCUT2D eigenvalue weighted by atomic mass is 35.5. The lowest BCUT2D eigenvalue weighted by Gasteiger charge is -2.17. The molecule has 2 rings (SSSR count). The molecule has 2 aromatic rings. The monoisotopic (exact) mass is 448 g/mol. The summed E-state index contributed by atoms with van der Waals surface area (Å²) in [4.78, 5) is 36.3. The number of rotatable bonds is 8. The summed E-state index contributed by atoms with van der Waals surface area (Å²) >= 11 is 5.67. The van der Waals surface area contributed by atoms with Crippen molar-refractivity contribution in [1.82, 2.24) is 5.32 Å². The molecule has 0 aromatic heterocycles. The molecule has 9 heteroatoms. The normalized spacial score (nSPS) is 12.7. The van der Waals surface area contributed by atoms with E-state index in [0.29, 0.717) is 5.75 Å². The van der Waals surface area contributed by atoms with Crippen molar-refractivity contribution in [2.75, 3.05) is 12.4 Å². The zero-order chi connectivity index (χ0) is 23.0. The molecule has 0 aliphatic rings. The first-order valence-electron chi connectivity index (χ1n) is 9.28. The van der Waals surface area contributed by atoms with Gasteiger partial charge in [-0.1, -0.05) is 23.7 Å². The number of hydrogen-bond donors (Lipinski definition) is 2. The van der Waals surface area contributed by atoms with Crippen LogP contribution in [0.3, 0.4) is 0 Å². The van der Waals surface area contributed by atoms with Crippen LogP contribution in [-0.2, 0) is 19.1 Å². The van der Waals surface area contributed by atoms with Crippen LogP contribution in [0.1, 0.15) is 19.4 Å². The van der Waals surface area contributed by atoms with Crippen molar-refractivity contribution < 1.29 is 28.2 Å². The molecule has 0 aliphatic carbocycles. The number of esters is 1. The molecule has 7 nitrogen and oxygen atoms in total. The van der Waals surface area contributed by atoms with Gasteiger partial charge in [0, 0.05) is 11.8 Å². The minimum Gasteiger partial charge on any atom is -0.497 e. The van der Waals surface area contributed by atoms with Crippen molar-refractivity contribution in [3.8, 4) is 5.75 Å². The average molecular weight is 449 g/mol. The average Bonchev–Trinajstić information content (AvgIpc) is 2.75. The van der Waals surface area contributed by atoms with Gasteiger partial charge in [-0.15, -0.1) is 0 Å². The molecule has 0 radical (unpaired) electrons. The number of carbonyl (C=O) groups excluding carboxylic acids is 3. The van der Waals surface area contributed by atoms with Gasteiger partial charge >= 0.3 is 5.97 Å². The van der Waals surface area contributed by atoms with Gasteiger partial charge in [-0.3, -0.25) is 9.59 Å². The van der Waals surface area contributed by atoms with Gasteiger partial charge < -0.3 is 20.1 Å². The lowest BCUT2D eigenvalue weighted by molar-refractivity contribution is -0.155. The lowest BCUT2D eigenvalue weighted by Crippen LogP contribution is -2.41. The fraction of sp³-hybridized carbons (Fsp3) is 0.227. The summed E-state index contributed by atoms with van der Waals surface area (Å²) in [5.41, 5.74) is 1.03. The molecule has 164 valence electrons. The first kappa shape index (κ1) is 23.9. The van der Waals surface area contributed by atoms with Crippen molar-refractivity contribution in [3.63, 3.8) is 0 Å². The van der Waals surface area contributed by atoms with Crippen molar-refractivity contribution >= 4 is 41.1 Å². The lowest BCUT2D eigenvalue weighted by atomic mass is 10.2. The first-order valence-corrected chi connectivity index (χ1v) is 9.66. The van der Waals surface area contributed by atoms with E-state index in [-0.39, 0.29) is 10.7 Å². The predicted octanol–water partition coefficient (Wildman–Crippen LogP) is 3.58. The summed E-state index contributed by atoms with van der Waals surface area (Å²) in [5, 5.41) is 4.78. The Morgan fingerprint density at radius 1 is 1.10 bits per heavy atom. The Kier molecular flexibility index (Phi) is 8.57. The van der Waals surface area contributed by atoms with Crippen molar-refractivity contribution in [2.24, 2.45) is 0 Å². The molecule has 2 atom stereocenters. The van der Waals surface area contributed by atoms with Gasteiger partial charge in [0.15, 0.2) is 6.10 Å². The Bertz CT molecular complexity index is 978. The zero-order valence-electron chi connectivity index (χ0n) is 17.1. The van der Waals surface area contributed by atoms with Crippen LogP contribution in [0.15, 0.2) is 48.5 Å². The molecular formula is C22H22ClFN2O5. The summed E-state index contributed by atoms with van der Waals surface area (Å²) in [7, 11) is 1.56. The van der Waals surface area contributed by atoms with E-state index in [1.807, 2.05) is 0 Å². The molecule has 31 heavy (non-hydrogen) atoms. The third-order valence-corrected chi connectivity index (χ3v) is 4.39. The van der Waals surface area contributed by atoms with Crippen LogP contribution >= 0.6 is 11.6 Å². The van der Waals surface area contributed by atoms with Gasteiger partial charge in [0.05, 0.1) is 12.1 Å². The van der Waals surface area contributed by atoms with Gasteiger partial charge in [0.1, 0.15) is 17.6 Å². The molecule has 2 N–H and O–H groups in total. The fourth-order valence-corrected chi connectivity index (χ4v) is 2.54. The highest BCUT2D eigenvalue weighted by Gasteiger charge is 2.23. The van der Waals surface area contributed by atoms with Crippen molar-refractivity contribution in [2.45, 2.75) is 26.0 Å². The maximum Gasteiger partial charge on any atom is 0.329 e. The number of carbonyl (C=O) groups is 3. The van der Waals surface area contributed by atoms with Gasteiger partial charge in [-0.2, -0.15) is 0 Å². The number of anilines is 1. The van der Waals surface area contributed by atoms with Gasteiger partial charge in [-0.05, 0) is 55.8 Å². The Balaban J connectivity index is 1.84. The number of benzene rings is 2. The highest BCUT2D eigenvalue weighted by Crippen LogP contribution is 2.19. The van der Waals surface area contributed by atoms with Crippen molar-refractivity contribution in [3.05, 3.63) is 64.9 Å². The number of ether oxygens (including phenoxy) is 2. The van der Waals surface area contributed by atoms with Gasteiger partial charge in [0.2, 0.25) is 5.91 Å². The largest absolute Gasteiger partial charge is 0.497 e. The molecule has 0 bridgehead atoms. The second kappa shape index (κ2) is 11.1. The third kappa shape index (κ3) is 7.42. The molecule has 0 saturated heterocycles. The van der Waals surface area contributed by atoms with Gasteiger partial charge in [-0.25, -0.2) is 9.18 Å². The molecule has 0 saturated carbocycles. The minimum absolute atomic E-state index is 0.151. The van der Waals surface area contributed by atoms with E-state index in [0.717, 1.165) is 11.6 Å². The first-order chi connectivity index (χ1) is 14.7. The van der Waals surface area contributed by atoms with Crippen LogP contribution in [-0.4, -0.2) is 37.0 Å². The molecule has 0 fully saturated rings. The minimum atomic E-state index is -1.15. The standard InChI is InChI=1S/C22H22ClFN2O5/c1-13(25-20(27)11-6-15-4-8-17(30-3)9-5-15)22(29)31-14(2)21(28)26-16-7-10-19(24)18(23)12-16/h4-14H,1-3H3,(H,25,27)(H,26,28)/b11-6+. The van der Waals surface area contributed by atoms with Crippen LogP contribution in [0.5, 0.6) is 5.75 Å². The highest BCUT2D eigenvalue weighted by molar-refractivity contribution is 6.31. The summed E-state index contributed by atoms with van der Waals surface area (Å²) in [5.74, 6) is -1.85. The Hall–Kier alpha value is -3.39. The quantitative estimate of drug-likeness (QED) is 0.475. The Morgan fingerprint density at radius 3 is 2.39 bits per heavy atom. The second-order valence-electron chi connectivity index (χ2n) is 6.53. The zero-order valence-corrected chi connectivity index (χ0v) is 17.9. The number of halogens is 2. The summed E-state index contributed by atoms with van der Waals surface area (Å²) < 4.78 is 23.3. The van der Waals surface area contributed by atoms with E-state index in [9.17, 15) is 18.8 Å². The maximum absolute atomic E-state index is 13.2. The summed E-state index contributed by atoms with van der Waals surface area (Å²) in [6.45, 7) is 2.81. The molecule has 2 amide bonds. The molecule has 2 aromatic carbocycles. The van der Waals surface area contributed by atoms with Crippen LogP contribution in [0.2, 0.25) is 5.02 Å². The van der Waals surface area contributed by atoms with E-state index in [2.05, 4.69) is 10.6 Å². The number of methoxy groups -OCH3 is 1. The number of amides is 2. The van der Waals surface area contributed by atoms with E-state index >= 15 is 0 Å². The smallest absolute Gasteiger partial charge is 0.329 e. The van der Waals surface area contributed by atoms with Crippen LogP contribution in [0.25, 0.3) is 6.08 Å². The number of hydrogen-bond acceptors (Lipinski definition) is 5. The molecule has 0 spiro atoms. The van der Waals surface area contributed by atoms with E-state index < -0.39 is 35.7 Å². The third-order valence-electron chi connectivity index (χ3n) is 4.10. The van der Waals surface area contributed by atoms with Crippen LogP contribution in [0.4, 0.5) is 10.1 Å². The maximum atomic E-state index is 13.2. The van der Waals surface area contributed by atoms with Crippen molar-refractivity contribution in [1.29, 1.82) is 0 Å². The molecular weight excluding hydrogens is 427 g/mol. The Morgan fingerprint density at radius 2 is 1.77 bits per heavy atom.